The van der Waals surface area contributed by atoms with Crippen molar-refractivity contribution in [2.45, 2.75) is 38.3 Å². The highest BCUT2D eigenvalue weighted by atomic mass is 15.5. The highest BCUT2D eigenvalue weighted by molar-refractivity contribution is 6.03. The Morgan fingerprint density at radius 1 is 0.818 bits per heavy atom. The monoisotopic (exact) mass is 437 g/mol. The second-order valence-electron chi connectivity index (χ2n) is 8.76. The minimum atomic E-state index is 0.174. The number of para-hydroxylation sites is 1. The van der Waals surface area contributed by atoms with Crippen molar-refractivity contribution < 1.29 is 0 Å². The maximum Gasteiger partial charge on any atom is 0.165 e. The van der Waals surface area contributed by atoms with Crippen LogP contribution in [0.3, 0.4) is 0 Å². The van der Waals surface area contributed by atoms with E-state index in [1.807, 2.05) is 18.5 Å². The molecule has 2 aliphatic rings. The third kappa shape index (κ3) is 3.84. The first kappa shape index (κ1) is 19.9. The van der Waals surface area contributed by atoms with Crippen molar-refractivity contribution >= 4 is 28.4 Å². The molecule has 0 aliphatic carbocycles. The molecule has 0 amide bonds. The molecule has 4 heterocycles. The molecule has 1 fully saturated rings. The molecule has 0 saturated carbocycles. The third-order valence-corrected chi connectivity index (χ3v) is 6.58. The van der Waals surface area contributed by atoms with Crippen molar-refractivity contribution in [2.75, 3.05) is 23.0 Å². The van der Waals surface area contributed by atoms with E-state index in [0.29, 0.717) is 0 Å². The normalized spacial score (nSPS) is 18.7. The first-order chi connectivity index (χ1) is 16.4. The van der Waals surface area contributed by atoms with Gasteiger partial charge < -0.3 is 9.47 Å². The van der Waals surface area contributed by atoms with Crippen LogP contribution in [-0.2, 0) is 6.54 Å². The van der Waals surface area contributed by atoms with E-state index in [9.17, 15) is 0 Å². The molecule has 33 heavy (non-hydrogen) atoms. The van der Waals surface area contributed by atoms with Crippen molar-refractivity contribution in [3.05, 3.63) is 78.9 Å². The molecule has 0 radical (unpaired) electrons. The number of imidazole rings is 1. The Morgan fingerprint density at radius 2 is 1.58 bits per heavy atom. The summed E-state index contributed by atoms with van der Waals surface area (Å²) in [6.07, 6.45) is 8.17. The quantitative estimate of drug-likeness (QED) is 0.460. The number of piperidine rings is 1. The molecular formula is C26H27N7. The molecule has 4 aromatic rings. The van der Waals surface area contributed by atoms with Gasteiger partial charge in [-0.1, -0.05) is 48.5 Å². The molecule has 0 N–H and O–H groups in total. The highest BCUT2D eigenvalue weighted by Crippen LogP contribution is 2.29. The van der Waals surface area contributed by atoms with Gasteiger partial charge >= 0.3 is 0 Å². The van der Waals surface area contributed by atoms with Gasteiger partial charge in [-0.2, -0.15) is 5.10 Å². The molecule has 2 aliphatic heterocycles. The van der Waals surface area contributed by atoms with Crippen LogP contribution in [0.2, 0.25) is 0 Å². The van der Waals surface area contributed by atoms with Crippen molar-refractivity contribution in [1.29, 1.82) is 0 Å². The highest BCUT2D eigenvalue weighted by Gasteiger charge is 2.30. The van der Waals surface area contributed by atoms with Crippen molar-refractivity contribution in [2.24, 2.45) is 5.10 Å². The van der Waals surface area contributed by atoms with Crippen LogP contribution >= 0.6 is 0 Å². The first-order valence-corrected chi connectivity index (χ1v) is 11.7. The fourth-order valence-corrected chi connectivity index (χ4v) is 4.93. The summed E-state index contributed by atoms with van der Waals surface area (Å²) in [5.74, 6) is 0.964. The summed E-state index contributed by atoms with van der Waals surface area (Å²) in [7, 11) is 0. The Labute approximate surface area is 193 Å². The minimum Gasteiger partial charge on any atom is -0.355 e. The number of fused-ring (bicyclic) bond motifs is 1. The Kier molecular flexibility index (Phi) is 5.22. The summed E-state index contributed by atoms with van der Waals surface area (Å²) in [5.41, 5.74) is 5.17. The summed E-state index contributed by atoms with van der Waals surface area (Å²) in [6, 6.07) is 21.0. The number of hydrazone groups is 1. The standard InChI is InChI=1S/C26H27N7/c1-4-10-20(11-5-1)23-16-22(33(30-23)21-12-6-2-7-13-21)17-32-19-29-24-25(27-18-28-26(24)32)31-14-8-3-9-15-31/h1-2,4-7,10-13,18-19,22H,3,8-9,14-17H2. The van der Waals surface area contributed by atoms with Gasteiger partial charge in [0.15, 0.2) is 17.0 Å². The maximum absolute atomic E-state index is 5.04. The van der Waals surface area contributed by atoms with Crippen LogP contribution in [0.25, 0.3) is 11.2 Å². The zero-order valence-electron chi connectivity index (χ0n) is 18.6. The fraction of sp³-hybridized carbons (Fsp3) is 0.308. The zero-order valence-corrected chi connectivity index (χ0v) is 18.6. The van der Waals surface area contributed by atoms with Gasteiger partial charge in [-0.25, -0.2) is 15.0 Å². The van der Waals surface area contributed by atoms with Crippen molar-refractivity contribution in [3.63, 3.8) is 0 Å². The van der Waals surface area contributed by atoms with Gasteiger partial charge in [0.2, 0.25) is 0 Å². The van der Waals surface area contributed by atoms with Gasteiger partial charge in [-0.05, 0) is 37.0 Å². The summed E-state index contributed by atoms with van der Waals surface area (Å²) in [4.78, 5) is 16.3. The van der Waals surface area contributed by atoms with E-state index in [1.54, 1.807) is 6.33 Å². The Morgan fingerprint density at radius 3 is 2.36 bits per heavy atom. The van der Waals surface area contributed by atoms with E-state index in [0.717, 1.165) is 54.4 Å². The Hall–Kier alpha value is -3.74. The van der Waals surface area contributed by atoms with Crippen LogP contribution in [0.4, 0.5) is 11.5 Å². The van der Waals surface area contributed by atoms with E-state index >= 15 is 0 Å². The summed E-state index contributed by atoms with van der Waals surface area (Å²) >= 11 is 0. The molecule has 7 heteroatoms. The van der Waals surface area contributed by atoms with E-state index in [1.165, 1.54) is 24.8 Å². The van der Waals surface area contributed by atoms with Crippen molar-refractivity contribution in [3.8, 4) is 0 Å². The van der Waals surface area contributed by atoms with Crippen LogP contribution in [-0.4, -0.2) is 44.4 Å². The van der Waals surface area contributed by atoms with Crippen LogP contribution in [0.15, 0.2) is 78.4 Å². The number of aromatic nitrogens is 4. The Balaban J connectivity index is 1.32. The summed E-state index contributed by atoms with van der Waals surface area (Å²) < 4.78 is 2.16. The summed E-state index contributed by atoms with van der Waals surface area (Å²) in [5, 5.41) is 7.19. The van der Waals surface area contributed by atoms with Crippen LogP contribution < -0.4 is 9.91 Å². The molecule has 1 atom stereocenters. The van der Waals surface area contributed by atoms with Gasteiger partial charge in [0.1, 0.15) is 6.33 Å². The predicted molar refractivity (Wildman–Crippen MR) is 132 cm³/mol. The average molecular weight is 438 g/mol. The molecule has 0 bridgehead atoms. The molecule has 0 spiro atoms. The molecule has 7 nitrogen and oxygen atoms in total. The molecule has 1 saturated heterocycles. The zero-order chi connectivity index (χ0) is 22.0. The number of hydrogen-bond acceptors (Lipinski definition) is 6. The molecule has 1 unspecified atom stereocenters. The number of benzene rings is 2. The summed E-state index contributed by atoms with van der Waals surface area (Å²) in [6.45, 7) is 2.83. The molecule has 6 rings (SSSR count). The van der Waals surface area contributed by atoms with Gasteiger partial charge in [0.05, 0.1) is 23.8 Å². The lowest BCUT2D eigenvalue weighted by atomic mass is 10.0. The van der Waals surface area contributed by atoms with Crippen molar-refractivity contribution in [1.82, 2.24) is 19.5 Å². The smallest absolute Gasteiger partial charge is 0.165 e. The van der Waals surface area contributed by atoms with E-state index in [4.69, 9.17) is 10.1 Å². The average Bonchev–Trinajstić information content (AvgIpc) is 3.50. The van der Waals surface area contributed by atoms with Gasteiger partial charge in [-0.3, -0.25) is 5.01 Å². The number of anilines is 2. The van der Waals surface area contributed by atoms with Crippen LogP contribution in [0.1, 0.15) is 31.2 Å². The minimum absolute atomic E-state index is 0.174. The lowest BCUT2D eigenvalue weighted by Gasteiger charge is -2.27. The van der Waals surface area contributed by atoms with Gasteiger partial charge in [-0.15, -0.1) is 0 Å². The third-order valence-electron chi connectivity index (χ3n) is 6.58. The van der Waals surface area contributed by atoms with Crippen LogP contribution in [0, 0.1) is 0 Å². The van der Waals surface area contributed by atoms with E-state index < -0.39 is 0 Å². The predicted octanol–water partition coefficient (Wildman–Crippen LogP) is 4.50. The number of hydrogen-bond donors (Lipinski definition) is 0. The fourth-order valence-electron chi connectivity index (χ4n) is 4.93. The largest absolute Gasteiger partial charge is 0.355 e. The maximum atomic E-state index is 5.04. The SMILES string of the molecule is c1ccc(C2=NN(c3ccccc3)C(Cn3cnc4c(N5CCCCC5)ncnc43)C2)cc1. The van der Waals surface area contributed by atoms with Gasteiger partial charge in [0, 0.05) is 26.1 Å². The second kappa shape index (κ2) is 8.65. The molecular weight excluding hydrogens is 410 g/mol. The molecule has 2 aromatic heterocycles. The lowest BCUT2D eigenvalue weighted by molar-refractivity contribution is 0.555. The molecule has 2 aromatic carbocycles. The van der Waals surface area contributed by atoms with Gasteiger partial charge in [0.25, 0.3) is 0 Å². The topological polar surface area (TPSA) is 62.4 Å². The van der Waals surface area contributed by atoms with Crippen LogP contribution in [0.5, 0.6) is 0 Å². The Bertz CT molecular complexity index is 1260. The number of nitrogens with zero attached hydrogens (tertiary/aromatic N) is 7. The first-order valence-electron chi connectivity index (χ1n) is 11.7. The van der Waals surface area contributed by atoms with E-state index in [2.05, 4.69) is 73.0 Å². The lowest BCUT2D eigenvalue weighted by Crippen LogP contribution is -2.31. The molecule has 166 valence electrons. The number of rotatable bonds is 5. The van der Waals surface area contributed by atoms with E-state index in [-0.39, 0.29) is 6.04 Å². The second-order valence-corrected chi connectivity index (χ2v) is 8.76.